The summed E-state index contributed by atoms with van der Waals surface area (Å²) in [7, 11) is -1.67. The highest BCUT2D eigenvalue weighted by Gasteiger charge is 2.31. The summed E-state index contributed by atoms with van der Waals surface area (Å²) < 4.78 is 0. The van der Waals surface area contributed by atoms with Crippen LogP contribution in [-0.4, -0.2) is 47.6 Å². The van der Waals surface area contributed by atoms with Gasteiger partial charge in [0.05, 0.1) is 0 Å². The number of aryl methyl sites for hydroxylation is 1. The lowest BCUT2D eigenvalue weighted by atomic mass is 9.73. The molecule has 0 atom stereocenters. The van der Waals surface area contributed by atoms with Gasteiger partial charge in [0.2, 0.25) is 0 Å². The lowest BCUT2D eigenvalue weighted by molar-refractivity contribution is 0.0714. The normalized spacial score (nSPS) is 16.9. The fourth-order valence-electron chi connectivity index (χ4n) is 4.59. The van der Waals surface area contributed by atoms with Crippen molar-refractivity contribution in [2.75, 3.05) is 25.0 Å². The van der Waals surface area contributed by atoms with Crippen molar-refractivity contribution in [3.63, 3.8) is 0 Å². The van der Waals surface area contributed by atoms with Crippen LogP contribution >= 0.6 is 0 Å². The van der Waals surface area contributed by atoms with Gasteiger partial charge in [0.1, 0.15) is 0 Å². The molecule has 1 fully saturated rings. The Morgan fingerprint density at radius 1 is 1.21 bits per heavy atom. The number of hydrogen-bond donors (Lipinski definition) is 4. The SMILES string of the molecule is NCc1cccc(C2CCN(C(=O)c3ccc4c(c3B(O)O)NCCC4)CC2)c1. The summed E-state index contributed by atoms with van der Waals surface area (Å²) in [6.45, 7) is 2.62. The van der Waals surface area contributed by atoms with Crippen LogP contribution in [-0.2, 0) is 13.0 Å². The van der Waals surface area contributed by atoms with Gasteiger partial charge in [-0.15, -0.1) is 0 Å². The number of rotatable bonds is 4. The molecule has 0 unspecified atom stereocenters. The van der Waals surface area contributed by atoms with Crippen molar-refractivity contribution in [1.82, 2.24) is 4.90 Å². The number of anilines is 1. The number of carbonyl (C=O) groups excluding carboxylic acids is 1. The van der Waals surface area contributed by atoms with E-state index >= 15 is 0 Å². The van der Waals surface area contributed by atoms with E-state index in [-0.39, 0.29) is 5.91 Å². The van der Waals surface area contributed by atoms with Crippen LogP contribution in [0, 0.1) is 0 Å². The molecule has 2 aromatic carbocycles. The lowest BCUT2D eigenvalue weighted by Gasteiger charge is -2.33. The number of benzene rings is 2. The highest BCUT2D eigenvalue weighted by molar-refractivity contribution is 6.62. The summed E-state index contributed by atoms with van der Waals surface area (Å²) in [5, 5.41) is 23.2. The third kappa shape index (κ3) is 4.03. The summed E-state index contributed by atoms with van der Waals surface area (Å²) in [6.07, 6.45) is 3.66. The van der Waals surface area contributed by atoms with Crippen LogP contribution in [0.5, 0.6) is 0 Å². The van der Waals surface area contributed by atoms with Crippen molar-refractivity contribution in [2.45, 2.75) is 38.1 Å². The number of nitrogens with one attached hydrogen (secondary N) is 1. The van der Waals surface area contributed by atoms with Crippen molar-refractivity contribution in [2.24, 2.45) is 5.73 Å². The standard InChI is InChI=1S/C22H28BN3O3/c24-14-15-3-1-4-18(13-15)16-8-11-26(12-9-16)22(27)19-7-6-17-5-2-10-25-21(17)20(19)23(28)29/h1,3-4,6-7,13,16,25,28-29H,2,5,8-12,14,24H2. The van der Waals surface area contributed by atoms with E-state index < -0.39 is 7.12 Å². The zero-order valence-corrected chi connectivity index (χ0v) is 16.6. The monoisotopic (exact) mass is 393 g/mol. The Balaban J connectivity index is 1.51. The average molecular weight is 393 g/mol. The second-order valence-corrected chi connectivity index (χ2v) is 7.98. The smallest absolute Gasteiger partial charge is 0.423 e. The van der Waals surface area contributed by atoms with Crippen molar-refractivity contribution in [3.8, 4) is 0 Å². The maximum atomic E-state index is 13.2. The van der Waals surface area contributed by atoms with Gasteiger partial charge in [0, 0.05) is 42.9 Å². The largest absolute Gasteiger partial charge is 0.491 e. The topological polar surface area (TPSA) is 98.8 Å². The predicted molar refractivity (Wildman–Crippen MR) is 115 cm³/mol. The maximum absolute atomic E-state index is 13.2. The molecular formula is C22H28BN3O3. The minimum absolute atomic E-state index is 0.127. The van der Waals surface area contributed by atoms with Gasteiger partial charge in [-0.05, 0) is 54.4 Å². The number of carbonyl (C=O) groups is 1. The van der Waals surface area contributed by atoms with Gasteiger partial charge in [-0.25, -0.2) is 0 Å². The number of amides is 1. The van der Waals surface area contributed by atoms with Crippen molar-refractivity contribution < 1.29 is 14.8 Å². The summed E-state index contributed by atoms with van der Waals surface area (Å²) in [5.41, 5.74) is 10.6. The van der Waals surface area contributed by atoms with Gasteiger partial charge in [0.25, 0.3) is 5.91 Å². The minimum Gasteiger partial charge on any atom is -0.423 e. The lowest BCUT2D eigenvalue weighted by Crippen LogP contribution is -2.44. The fourth-order valence-corrected chi connectivity index (χ4v) is 4.59. The Bertz CT molecular complexity index is 895. The molecule has 7 heteroatoms. The molecule has 2 aromatic rings. The molecule has 0 spiro atoms. The number of likely N-dealkylation sites (tertiary alicyclic amines) is 1. The number of nitrogens with two attached hydrogens (primary N) is 1. The minimum atomic E-state index is -1.67. The highest BCUT2D eigenvalue weighted by atomic mass is 16.4. The van der Waals surface area contributed by atoms with E-state index in [1.807, 2.05) is 23.1 Å². The van der Waals surface area contributed by atoms with Gasteiger partial charge in [-0.1, -0.05) is 30.3 Å². The molecule has 1 amide bonds. The van der Waals surface area contributed by atoms with Crippen molar-refractivity contribution >= 4 is 24.2 Å². The van der Waals surface area contributed by atoms with Crippen LogP contribution in [0.2, 0.25) is 0 Å². The van der Waals surface area contributed by atoms with Crippen LogP contribution in [0.1, 0.15) is 52.2 Å². The van der Waals surface area contributed by atoms with Gasteiger partial charge in [-0.3, -0.25) is 4.79 Å². The molecule has 1 saturated heterocycles. The first-order valence-corrected chi connectivity index (χ1v) is 10.4. The Kier molecular flexibility index (Phi) is 5.90. The molecule has 0 aromatic heterocycles. The van der Waals surface area contributed by atoms with E-state index in [1.165, 1.54) is 5.56 Å². The van der Waals surface area contributed by atoms with E-state index in [4.69, 9.17) is 5.73 Å². The van der Waals surface area contributed by atoms with Gasteiger partial charge < -0.3 is 26.0 Å². The Morgan fingerprint density at radius 3 is 2.72 bits per heavy atom. The first kappa shape index (κ1) is 19.9. The van der Waals surface area contributed by atoms with E-state index in [1.54, 1.807) is 6.07 Å². The van der Waals surface area contributed by atoms with Crippen molar-refractivity contribution in [3.05, 3.63) is 58.7 Å². The molecule has 5 N–H and O–H groups in total. The van der Waals surface area contributed by atoms with Crippen LogP contribution in [0.15, 0.2) is 36.4 Å². The summed E-state index contributed by atoms with van der Waals surface area (Å²) in [6, 6.07) is 12.1. The average Bonchev–Trinajstić information content (AvgIpc) is 2.77. The summed E-state index contributed by atoms with van der Waals surface area (Å²) in [4.78, 5) is 15.0. The second-order valence-electron chi connectivity index (χ2n) is 7.98. The van der Waals surface area contributed by atoms with Gasteiger partial charge in [-0.2, -0.15) is 0 Å². The second kappa shape index (κ2) is 8.57. The molecule has 0 saturated carbocycles. The number of piperidine rings is 1. The molecule has 0 bridgehead atoms. The fraction of sp³-hybridized carbons (Fsp3) is 0.409. The zero-order valence-electron chi connectivity index (χ0n) is 16.6. The van der Waals surface area contributed by atoms with Crippen LogP contribution in [0.25, 0.3) is 0 Å². The molecular weight excluding hydrogens is 365 g/mol. The Labute approximate surface area is 171 Å². The molecule has 4 rings (SSSR count). The van der Waals surface area contributed by atoms with Crippen molar-refractivity contribution in [1.29, 1.82) is 0 Å². The molecule has 29 heavy (non-hydrogen) atoms. The number of hydrogen-bond acceptors (Lipinski definition) is 5. The first-order valence-electron chi connectivity index (χ1n) is 10.4. The predicted octanol–water partition coefficient (Wildman–Crippen LogP) is 1.20. The molecule has 2 heterocycles. The van der Waals surface area contributed by atoms with Crippen LogP contribution in [0.3, 0.4) is 0 Å². The third-order valence-electron chi connectivity index (χ3n) is 6.19. The molecule has 6 nitrogen and oxygen atoms in total. The molecule has 2 aliphatic rings. The maximum Gasteiger partial charge on any atom is 0.491 e. The van der Waals surface area contributed by atoms with E-state index in [9.17, 15) is 14.8 Å². The summed E-state index contributed by atoms with van der Waals surface area (Å²) >= 11 is 0. The van der Waals surface area contributed by atoms with Crippen LogP contribution in [0.4, 0.5) is 5.69 Å². The van der Waals surface area contributed by atoms with Gasteiger partial charge in [0.15, 0.2) is 0 Å². The number of nitrogens with zero attached hydrogens (tertiary/aromatic N) is 1. The molecule has 2 aliphatic heterocycles. The molecule has 152 valence electrons. The van der Waals surface area contributed by atoms with E-state index in [2.05, 4.69) is 17.4 Å². The van der Waals surface area contributed by atoms with Crippen LogP contribution < -0.4 is 16.5 Å². The Hall–Kier alpha value is -2.35. The van der Waals surface area contributed by atoms with E-state index in [0.717, 1.165) is 43.4 Å². The first-order chi connectivity index (χ1) is 14.1. The highest BCUT2D eigenvalue weighted by Crippen LogP contribution is 2.30. The Morgan fingerprint density at radius 2 is 2.00 bits per heavy atom. The summed E-state index contributed by atoms with van der Waals surface area (Å²) in [5.74, 6) is 0.288. The zero-order chi connectivity index (χ0) is 20.4. The molecule has 0 aliphatic carbocycles. The van der Waals surface area contributed by atoms with Gasteiger partial charge >= 0.3 is 7.12 Å². The third-order valence-corrected chi connectivity index (χ3v) is 6.19. The number of fused-ring (bicyclic) bond motifs is 1. The quantitative estimate of drug-likeness (QED) is 0.586. The van der Waals surface area contributed by atoms with E-state index in [0.29, 0.717) is 42.3 Å². The molecule has 0 radical (unpaired) electrons.